The van der Waals surface area contributed by atoms with E-state index in [9.17, 15) is 0 Å². The first-order valence-corrected chi connectivity index (χ1v) is 1.81. The third-order valence-electron chi connectivity index (χ3n) is 0.454. The molecule has 0 rings (SSSR count). The summed E-state index contributed by atoms with van der Waals surface area (Å²) in [5.74, 6) is 0.398. The van der Waals surface area contributed by atoms with Gasteiger partial charge in [0, 0.05) is 13.8 Å². The Hall–Kier alpha value is -0.990. The van der Waals surface area contributed by atoms with Crippen molar-refractivity contribution < 1.29 is 4.84 Å². The van der Waals surface area contributed by atoms with Gasteiger partial charge in [0.05, 0.1) is 0 Å². The number of hydrogen-bond donors (Lipinski definition) is 1. The van der Waals surface area contributed by atoms with Crippen LogP contribution in [0.1, 0.15) is 0 Å². The standard InChI is InChI=1S/C4H8N2O/c1-4(5-2)7-6-3/h5H,1,3H2,2H3. The van der Waals surface area contributed by atoms with E-state index in [4.69, 9.17) is 0 Å². The van der Waals surface area contributed by atoms with Gasteiger partial charge < -0.3 is 10.2 Å². The molecule has 0 aliphatic carbocycles. The molecule has 1 N–H and O–H groups in total. The normalized spacial score (nSPS) is 7.00. The highest BCUT2D eigenvalue weighted by Crippen LogP contribution is 1.81. The zero-order valence-electron chi connectivity index (χ0n) is 4.27. The van der Waals surface area contributed by atoms with Gasteiger partial charge in [-0.1, -0.05) is 5.16 Å². The number of nitrogens with one attached hydrogen (secondary N) is 1. The van der Waals surface area contributed by atoms with Gasteiger partial charge in [-0.3, -0.25) is 0 Å². The summed E-state index contributed by atoms with van der Waals surface area (Å²) in [5.41, 5.74) is 0. The zero-order chi connectivity index (χ0) is 5.70. The van der Waals surface area contributed by atoms with E-state index in [-0.39, 0.29) is 0 Å². The first-order chi connectivity index (χ1) is 3.31. The van der Waals surface area contributed by atoms with Gasteiger partial charge in [-0.25, -0.2) is 0 Å². The van der Waals surface area contributed by atoms with Crippen LogP contribution < -0.4 is 5.32 Å². The van der Waals surface area contributed by atoms with Gasteiger partial charge in [-0.2, -0.15) is 0 Å². The molecule has 0 spiro atoms. The Kier molecular flexibility index (Phi) is 2.76. The molecule has 0 aromatic carbocycles. The van der Waals surface area contributed by atoms with Crippen LogP contribution in [0, 0.1) is 0 Å². The maximum Gasteiger partial charge on any atom is 0.215 e. The van der Waals surface area contributed by atoms with Gasteiger partial charge in [0.15, 0.2) is 0 Å². The van der Waals surface area contributed by atoms with E-state index >= 15 is 0 Å². The molecule has 0 bridgehead atoms. The van der Waals surface area contributed by atoms with Gasteiger partial charge in [0.2, 0.25) is 5.88 Å². The van der Waals surface area contributed by atoms with Crippen LogP contribution in [-0.2, 0) is 4.84 Å². The molecule has 7 heavy (non-hydrogen) atoms. The SMILES string of the molecule is C=NOC(=C)NC. The molecular weight excluding hydrogens is 92.1 g/mol. The maximum atomic E-state index is 4.40. The van der Waals surface area contributed by atoms with Gasteiger partial charge in [-0.05, 0) is 6.58 Å². The fourth-order valence-electron chi connectivity index (χ4n) is 0.124. The molecule has 0 amide bonds. The van der Waals surface area contributed by atoms with E-state index in [1.807, 2.05) is 0 Å². The molecule has 0 saturated carbocycles. The Morgan fingerprint density at radius 2 is 2.43 bits per heavy atom. The number of nitrogens with zero attached hydrogens (tertiary/aromatic N) is 1. The van der Waals surface area contributed by atoms with Crippen LogP contribution >= 0.6 is 0 Å². The molecule has 0 aliphatic rings. The van der Waals surface area contributed by atoms with Gasteiger partial charge in [0.1, 0.15) is 0 Å². The van der Waals surface area contributed by atoms with Crippen LogP contribution in [0.4, 0.5) is 0 Å². The van der Waals surface area contributed by atoms with Crippen molar-refractivity contribution in [3.05, 3.63) is 12.5 Å². The number of rotatable bonds is 3. The monoisotopic (exact) mass is 100 g/mol. The maximum absolute atomic E-state index is 4.40. The van der Waals surface area contributed by atoms with Gasteiger partial charge in [0.25, 0.3) is 0 Å². The predicted molar refractivity (Wildman–Crippen MR) is 28.8 cm³/mol. The Bertz CT molecular complexity index is 79.8. The van der Waals surface area contributed by atoms with Crippen LogP contribution in [0.25, 0.3) is 0 Å². The van der Waals surface area contributed by atoms with Crippen molar-refractivity contribution in [1.29, 1.82) is 0 Å². The minimum Gasteiger partial charge on any atom is -0.358 e. The van der Waals surface area contributed by atoms with Crippen LogP contribution in [0.2, 0.25) is 0 Å². The summed E-state index contributed by atoms with van der Waals surface area (Å²) in [4.78, 5) is 4.40. The molecule has 0 aromatic rings. The highest BCUT2D eigenvalue weighted by molar-refractivity contribution is 5.21. The minimum atomic E-state index is 0.398. The second kappa shape index (κ2) is 3.21. The molecule has 0 radical (unpaired) electrons. The number of hydrogen-bond acceptors (Lipinski definition) is 3. The second-order valence-corrected chi connectivity index (χ2v) is 0.894. The van der Waals surface area contributed by atoms with E-state index in [1.54, 1.807) is 7.05 Å². The molecule has 0 aliphatic heterocycles. The van der Waals surface area contributed by atoms with Crippen molar-refractivity contribution in [2.75, 3.05) is 7.05 Å². The molecule has 0 heterocycles. The van der Waals surface area contributed by atoms with E-state index in [0.717, 1.165) is 0 Å². The fourth-order valence-corrected chi connectivity index (χ4v) is 0.124. The summed E-state index contributed by atoms with van der Waals surface area (Å²) in [7, 11) is 1.69. The highest BCUT2D eigenvalue weighted by Gasteiger charge is 1.79. The zero-order valence-corrected chi connectivity index (χ0v) is 4.27. The summed E-state index contributed by atoms with van der Waals surface area (Å²) >= 11 is 0. The summed E-state index contributed by atoms with van der Waals surface area (Å²) in [6.45, 7) is 6.47. The Morgan fingerprint density at radius 1 is 1.86 bits per heavy atom. The molecule has 40 valence electrons. The lowest BCUT2D eigenvalue weighted by Gasteiger charge is -1.96. The average molecular weight is 100 g/mol. The van der Waals surface area contributed by atoms with Crippen LogP contribution in [-0.4, -0.2) is 13.8 Å². The van der Waals surface area contributed by atoms with Crippen molar-refractivity contribution in [2.24, 2.45) is 5.16 Å². The topological polar surface area (TPSA) is 33.6 Å². The third kappa shape index (κ3) is 2.82. The Morgan fingerprint density at radius 3 is 2.57 bits per heavy atom. The van der Waals surface area contributed by atoms with Crippen molar-refractivity contribution >= 4 is 6.72 Å². The molecular formula is C4H8N2O. The number of oxime groups is 1. The molecule has 3 heteroatoms. The molecule has 0 aromatic heterocycles. The summed E-state index contributed by atoms with van der Waals surface area (Å²) in [6, 6.07) is 0. The smallest absolute Gasteiger partial charge is 0.215 e. The van der Waals surface area contributed by atoms with Crippen LogP contribution in [0.3, 0.4) is 0 Å². The van der Waals surface area contributed by atoms with Gasteiger partial charge in [-0.15, -0.1) is 0 Å². The Balaban J connectivity index is 3.17. The van der Waals surface area contributed by atoms with Crippen molar-refractivity contribution in [2.45, 2.75) is 0 Å². The molecule has 0 fully saturated rings. The second-order valence-electron chi connectivity index (χ2n) is 0.894. The van der Waals surface area contributed by atoms with E-state index in [2.05, 4.69) is 28.6 Å². The first-order valence-electron chi connectivity index (χ1n) is 1.81. The lowest BCUT2D eigenvalue weighted by Crippen LogP contribution is -2.04. The molecule has 3 nitrogen and oxygen atoms in total. The molecule has 0 saturated heterocycles. The Labute approximate surface area is 42.7 Å². The summed E-state index contributed by atoms with van der Waals surface area (Å²) < 4.78 is 0. The van der Waals surface area contributed by atoms with Crippen LogP contribution in [0.5, 0.6) is 0 Å². The fraction of sp³-hybridized carbons (Fsp3) is 0.250. The average Bonchev–Trinajstić information content (AvgIpc) is 1.68. The summed E-state index contributed by atoms with van der Waals surface area (Å²) in [6.07, 6.45) is 0. The van der Waals surface area contributed by atoms with E-state index < -0.39 is 0 Å². The van der Waals surface area contributed by atoms with Crippen molar-refractivity contribution in [1.82, 2.24) is 5.32 Å². The molecule has 0 unspecified atom stereocenters. The minimum absolute atomic E-state index is 0.398. The quantitative estimate of drug-likeness (QED) is 0.314. The molecule has 0 atom stereocenters. The lowest BCUT2D eigenvalue weighted by atomic mass is 10.9. The van der Waals surface area contributed by atoms with E-state index in [1.165, 1.54) is 0 Å². The van der Waals surface area contributed by atoms with Crippen molar-refractivity contribution in [3.63, 3.8) is 0 Å². The first kappa shape index (κ1) is 6.01. The van der Waals surface area contributed by atoms with Crippen LogP contribution in [0.15, 0.2) is 17.6 Å². The lowest BCUT2D eigenvalue weighted by molar-refractivity contribution is 0.213. The third-order valence-corrected chi connectivity index (χ3v) is 0.454. The van der Waals surface area contributed by atoms with E-state index in [0.29, 0.717) is 5.88 Å². The van der Waals surface area contributed by atoms with Crippen molar-refractivity contribution in [3.8, 4) is 0 Å². The van der Waals surface area contributed by atoms with Gasteiger partial charge >= 0.3 is 0 Å². The highest BCUT2D eigenvalue weighted by atomic mass is 16.6. The largest absolute Gasteiger partial charge is 0.358 e. The predicted octanol–water partition coefficient (Wildman–Crippen LogP) is 0.309. The summed E-state index contributed by atoms with van der Waals surface area (Å²) in [5, 5.41) is 5.71.